The molecule has 7 heteroatoms. The van der Waals surface area contributed by atoms with Crippen LogP contribution in [0.25, 0.3) is 0 Å². The van der Waals surface area contributed by atoms with Crippen molar-refractivity contribution in [2.45, 2.75) is 12.8 Å². The number of hydrogen-bond donors (Lipinski definition) is 1. The third-order valence-electron chi connectivity index (χ3n) is 4.73. The van der Waals surface area contributed by atoms with Crippen LogP contribution in [-0.4, -0.2) is 42.4 Å². The number of rotatable bonds is 7. The first kappa shape index (κ1) is 20.1. The lowest BCUT2D eigenvalue weighted by atomic mass is 10.1. The van der Waals surface area contributed by atoms with E-state index in [2.05, 4.69) is 5.32 Å². The van der Waals surface area contributed by atoms with Gasteiger partial charge in [-0.1, -0.05) is 42.5 Å². The Morgan fingerprint density at radius 3 is 2.62 bits per heavy atom. The number of carbonyl (C=O) groups is 3. The average Bonchev–Trinajstić information content (AvgIpc) is 3.12. The SMILES string of the molecule is N#Cc1ccccc1NC(=O)COC(=O)[C@H]1CC(=O)N(CCc2ccccc2)C1. The molecule has 0 spiro atoms. The molecule has 2 aromatic carbocycles. The van der Waals surface area contributed by atoms with Crippen LogP contribution in [0.4, 0.5) is 5.69 Å². The maximum absolute atomic E-state index is 12.3. The van der Waals surface area contributed by atoms with Gasteiger partial charge in [-0.25, -0.2) is 0 Å². The average molecular weight is 391 g/mol. The number of hydrogen-bond acceptors (Lipinski definition) is 5. The topological polar surface area (TPSA) is 99.5 Å². The summed E-state index contributed by atoms with van der Waals surface area (Å²) >= 11 is 0. The summed E-state index contributed by atoms with van der Waals surface area (Å²) in [5, 5.41) is 11.6. The van der Waals surface area contributed by atoms with Gasteiger partial charge in [0, 0.05) is 19.5 Å². The van der Waals surface area contributed by atoms with Crippen LogP contribution in [0, 0.1) is 17.2 Å². The van der Waals surface area contributed by atoms with Crippen LogP contribution in [0.2, 0.25) is 0 Å². The van der Waals surface area contributed by atoms with Gasteiger partial charge < -0.3 is 15.0 Å². The molecule has 0 saturated carbocycles. The molecule has 1 aliphatic rings. The molecule has 1 saturated heterocycles. The van der Waals surface area contributed by atoms with Gasteiger partial charge in [0.05, 0.1) is 17.2 Å². The molecular formula is C22H21N3O4. The molecule has 0 aliphatic carbocycles. The summed E-state index contributed by atoms with van der Waals surface area (Å²) in [4.78, 5) is 38.1. The zero-order chi connectivity index (χ0) is 20.6. The van der Waals surface area contributed by atoms with Crippen molar-refractivity contribution >= 4 is 23.5 Å². The third kappa shape index (κ3) is 5.42. The van der Waals surface area contributed by atoms with E-state index >= 15 is 0 Å². The van der Waals surface area contributed by atoms with Crippen molar-refractivity contribution in [3.05, 3.63) is 65.7 Å². The number of benzene rings is 2. The summed E-state index contributed by atoms with van der Waals surface area (Å²) in [6, 6.07) is 18.4. The molecular weight excluding hydrogens is 370 g/mol. The number of amides is 2. The largest absolute Gasteiger partial charge is 0.455 e. The lowest BCUT2D eigenvalue weighted by Crippen LogP contribution is -2.29. The second kappa shape index (κ2) is 9.51. The zero-order valence-corrected chi connectivity index (χ0v) is 15.8. The van der Waals surface area contributed by atoms with Gasteiger partial charge in [-0.05, 0) is 24.1 Å². The number of para-hydroxylation sites is 1. The monoisotopic (exact) mass is 391 g/mol. The third-order valence-corrected chi connectivity index (χ3v) is 4.73. The van der Waals surface area contributed by atoms with Gasteiger partial charge >= 0.3 is 5.97 Å². The van der Waals surface area contributed by atoms with Gasteiger partial charge in [0.2, 0.25) is 5.91 Å². The van der Waals surface area contributed by atoms with Crippen molar-refractivity contribution in [3.8, 4) is 6.07 Å². The predicted molar refractivity (Wildman–Crippen MR) is 106 cm³/mol. The fourth-order valence-electron chi connectivity index (χ4n) is 3.19. The number of nitriles is 1. The van der Waals surface area contributed by atoms with E-state index in [-0.39, 0.29) is 12.3 Å². The van der Waals surface area contributed by atoms with E-state index in [4.69, 9.17) is 10.00 Å². The summed E-state index contributed by atoms with van der Waals surface area (Å²) in [6.07, 6.45) is 0.807. The van der Waals surface area contributed by atoms with Crippen LogP contribution in [0.1, 0.15) is 17.5 Å². The van der Waals surface area contributed by atoms with E-state index < -0.39 is 24.4 Å². The molecule has 0 radical (unpaired) electrons. The number of nitrogens with zero attached hydrogens (tertiary/aromatic N) is 2. The summed E-state index contributed by atoms with van der Waals surface area (Å²) in [5.74, 6) is -1.76. The highest BCUT2D eigenvalue weighted by Gasteiger charge is 2.35. The van der Waals surface area contributed by atoms with E-state index in [1.807, 2.05) is 36.4 Å². The summed E-state index contributed by atoms with van der Waals surface area (Å²) in [5.41, 5.74) is 1.81. The fraction of sp³-hybridized carbons (Fsp3) is 0.273. The molecule has 3 rings (SSSR count). The number of likely N-dealkylation sites (tertiary alicyclic amines) is 1. The Kier molecular flexibility index (Phi) is 6.59. The Balaban J connectivity index is 1.45. The van der Waals surface area contributed by atoms with E-state index in [0.717, 1.165) is 12.0 Å². The highest BCUT2D eigenvalue weighted by atomic mass is 16.5. The first-order valence-electron chi connectivity index (χ1n) is 9.34. The standard InChI is InChI=1S/C22H21N3O4/c23-13-17-8-4-5-9-19(17)24-20(26)15-29-22(28)18-12-21(27)25(14-18)11-10-16-6-2-1-3-7-16/h1-9,18H,10-12,14-15H2,(H,24,26)/t18-/m0/s1. The van der Waals surface area contributed by atoms with Gasteiger partial charge in [-0.3, -0.25) is 14.4 Å². The normalized spacial score (nSPS) is 15.6. The van der Waals surface area contributed by atoms with Crippen LogP contribution in [0.3, 0.4) is 0 Å². The number of carbonyl (C=O) groups excluding carboxylic acids is 3. The minimum absolute atomic E-state index is 0.0877. The van der Waals surface area contributed by atoms with Crippen molar-refractivity contribution in [2.75, 3.05) is 25.0 Å². The minimum atomic E-state index is -0.572. The summed E-state index contributed by atoms with van der Waals surface area (Å²) < 4.78 is 5.08. The van der Waals surface area contributed by atoms with E-state index in [1.165, 1.54) is 0 Å². The van der Waals surface area contributed by atoms with Crippen LogP contribution >= 0.6 is 0 Å². The Morgan fingerprint density at radius 1 is 1.14 bits per heavy atom. The van der Waals surface area contributed by atoms with E-state index in [0.29, 0.717) is 24.3 Å². The quantitative estimate of drug-likeness (QED) is 0.729. The molecule has 29 heavy (non-hydrogen) atoms. The molecule has 1 aliphatic heterocycles. The number of nitrogens with one attached hydrogen (secondary N) is 1. The van der Waals surface area contributed by atoms with Crippen molar-refractivity contribution in [2.24, 2.45) is 5.92 Å². The van der Waals surface area contributed by atoms with Crippen molar-refractivity contribution in [1.29, 1.82) is 5.26 Å². The van der Waals surface area contributed by atoms with Gasteiger partial charge in [0.15, 0.2) is 6.61 Å². The summed E-state index contributed by atoms with van der Waals surface area (Å²) in [7, 11) is 0. The molecule has 0 bridgehead atoms. The first-order valence-corrected chi connectivity index (χ1v) is 9.34. The highest BCUT2D eigenvalue weighted by molar-refractivity contribution is 5.94. The van der Waals surface area contributed by atoms with Crippen LogP contribution < -0.4 is 5.32 Å². The first-order chi connectivity index (χ1) is 14.1. The second-order valence-corrected chi connectivity index (χ2v) is 6.79. The zero-order valence-electron chi connectivity index (χ0n) is 15.8. The molecule has 1 heterocycles. The molecule has 148 valence electrons. The Hall–Kier alpha value is -3.66. The number of anilines is 1. The highest BCUT2D eigenvalue weighted by Crippen LogP contribution is 2.20. The molecule has 0 aromatic heterocycles. The molecule has 1 N–H and O–H groups in total. The molecule has 1 fully saturated rings. The molecule has 2 amide bonds. The molecule has 0 unspecified atom stereocenters. The fourth-order valence-corrected chi connectivity index (χ4v) is 3.19. The van der Waals surface area contributed by atoms with Crippen LogP contribution in [0.15, 0.2) is 54.6 Å². The number of ether oxygens (including phenoxy) is 1. The Bertz CT molecular complexity index is 937. The smallest absolute Gasteiger partial charge is 0.311 e. The lowest BCUT2D eigenvalue weighted by molar-refractivity contribution is -0.151. The van der Waals surface area contributed by atoms with Crippen LogP contribution in [-0.2, 0) is 25.5 Å². The summed E-state index contributed by atoms with van der Waals surface area (Å²) in [6.45, 7) is 0.370. The Morgan fingerprint density at radius 2 is 1.86 bits per heavy atom. The Labute approximate surface area is 168 Å². The minimum Gasteiger partial charge on any atom is -0.455 e. The van der Waals surface area contributed by atoms with E-state index in [9.17, 15) is 14.4 Å². The lowest BCUT2D eigenvalue weighted by Gasteiger charge is -2.16. The van der Waals surface area contributed by atoms with Gasteiger partial charge in [-0.15, -0.1) is 0 Å². The second-order valence-electron chi connectivity index (χ2n) is 6.79. The predicted octanol–water partition coefficient (Wildman–Crippen LogP) is 2.13. The number of esters is 1. The van der Waals surface area contributed by atoms with Crippen molar-refractivity contribution < 1.29 is 19.1 Å². The molecule has 7 nitrogen and oxygen atoms in total. The van der Waals surface area contributed by atoms with Crippen LogP contribution in [0.5, 0.6) is 0 Å². The van der Waals surface area contributed by atoms with Gasteiger partial charge in [-0.2, -0.15) is 5.26 Å². The van der Waals surface area contributed by atoms with Crippen molar-refractivity contribution in [1.82, 2.24) is 4.90 Å². The molecule has 1 atom stereocenters. The van der Waals surface area contributed by atoms with Crippen molar-refractivity contribution in [3.63, 3.8) is 0 Å². The van der Waals surface area contributed by atoms with Gasteiger partial charge in [0.25, 0.3) is 5.91 Å². The van der Waals surface area contributed by atoms with E-state index in [1.54, 1.807) is 29.2 Å². The maximum atomic E-state index is 12.3. The maximum Gasteiger partial charge on any atom is 0.311 e. The molecule has 2 aromatic rings. The van der Waals surface area contributed by atoms with Gasteiger partial charge in [0.1, 0.15) is 6.07 Å².